The van der Waals surface area contributed by atoms with Crippen LogP contribution < -0.4 is 0 Å². The molecule has 1 aliphatic rings. The lowest BCUT2D eigenvalue weighted by Gasteiger charge is -2.27. The van der Waals surface area contributed by atoms with Crippen LogP contribution in [0.4, 0.5) is 18.9 Å². The summed E-state index contributed by atoms with van der Waals surface area (Å²) in [4.78, 5) is 34.0. The fourth-order valence-corrected chi connectivity index (χ4v) is 2.73. The number of halogens is 4. The summed E-state index contributed by atoms with van der Waals surface area (Å²) >= 11 is 5.78. The molecule has 0 aliphatic carbocycles. The average Bonchev–Trinajstić information content (AvgIpc) is 2.92. The van der Waals surface area contributed by atoms with Crippen LogP contribution in [0.5, 0.6) is 0 Å². The number of rotatable bonds is 3. The summed E-state index contributed by atoms with van der Waals surface area (Å²) < 4.78 is 39.3. The SMILES string of the molecule is O=C(c1ccc([N+](=O)[O-])cc1Cl)N1CCC(C(=O)O)(C(F)(F)F)C1. The Kier molecular flexibility index (Phi) is 4.44. The Morgan fingerprint density at radius 2 is 2.00 bits per heavy atom. The van der Waals surface area contributed by atoms with Crippen LogP contribution in [-0.4, -0.2) is 46.1 Å². The lowest BCUT2D eigenvalue weighted by Crippen LogP contribution is -2.47. The molecule has 24 heavy (non-hydrogen) atoms. The molecule has 1 aliphatic heterocycles. The van der Waals surface area contributed by atoms with E-state index in [-0.39, 0.29) is 16.3 Å². The van der Waals surface area contributed by atoms with Gasteiger partial charge < -0.3 is 10.0 Å². The molecule has 0 saturated carbocycles. The number of carboxylic acids is 1. The van der Waals surface area contributed by atoms with Crippen molar-refractivity contribution in [1.82, 2.24) is 4.90 Å². The highest BCUT2D eigenvalue weighted by Gasteiger charge is 2.64. The Morgan fingerprint density at radius 3 is 2.42 bits per heavy atom. The second kappa shape index (κ2) is 5.93. The first-order valence-corrected chi connectivity index (χ1v) is 6.91. The van der Waals surface area contributed by atoms with Gasteiger partial charge in [-0.2, -0.15) is 13.2 Å². The Morgan fingerprint density at radius 1 is 1.38 bits per heavy atom. The fraction of sp³-hybridized carbons (Fsp3) is 0.385. The van der Waals surface area contributed by atoms with Crippen LogP contribution in [0.15, 0.2) is 18.2 Å². The molecule has 1 heterocycles. The Bertz CT molecular complexity index is 724. The highest BCUT2D eigenvalue weighted by Crippen LogP contribution is 2.46. The van der Waals surface area contributed by atoms with Crippen molar-refractivity contribution in [3.05, 3.63) is 38.9 Å². The number of carbonyl (C=O) groups excluding carboxylic acids is 1. The summed E-state index contributed by atoms with van der Waals surface area (Å²) in [6, 6.07) is 2.92. The van der Waals surface area contributed by atoms with E-state index in [2.05, 4.69) is 0 Å². The number of hydrogen-bond acceptors (Lipinski definition) is 4. The minimum atomic E-state index is -5.02. The lowest BCUT2D eigenvalue weighted by atomic mass is 9.86. The first-order valence-electron chi connectivity index (χ1n) is 6.53. The third kappa shape index (κ3) is 2.88. The molecule has 2 rings (SSSR count). The van der Waals surface area contributed by atoms with Gasteiger partial charge in [0.1, 0.15) is 0 Å². The summed E-state index contributed by atoms with van der Waals surface area (Å²) in [5.41, 5.74) is -3.64. The van der Waals surface area contributed by atoms with E-state index in [9.17, 15) is 32.9 Å². The van der Waals surface area contributed by atoms with Crippen LogP contribution in [0.2, 0.25) is 5.02 Å². The normalized spacial score (nSPS) is 20.9. The minimum absolute atomic E-state index is 0.231. The van der Waals surface area contributed by atoms with E-state index in [1.54, 1.807) is 0 Å². The molecule has 1 unspecified atom stereocenters. The van der Waals surface area contributed by atoms with Crippen molar-refractivity contribution in [2.45, 2.75) is 12.6 Å². The zero-order valence-electron chi connectivity index (χ0n) is 11.8. The van der Waals surface area contributed by atoms with Crippen molar-refractivity contribution in [2.24, 2.45) is 5.41 Å². The Balaban J connectivity index is 2.30. The molecule has 1 saturated heterocycles. The predicted molar refractivity (Wildman–Crippen MR) is 74.8 cm³/mol. The standard InChI is InChI=1S/C13H10ClF3N2O5/c14-9-5-7(19(23)24)1-2-8(9)10(20)18-4-3-12(6-18,11(21)22)13(15,16)17/h1-2,5H,3-4,6H2,(H,21,22). The van der Waals surface area contributed by atoms with Gasteiger partial charge in [0.05, 0.1) is 15.5 Å². The summed E-state index contributed by atoms with van der Waals surface area (Å²) in [5, 5.41) is 19.3. The van der Waals surface area contributed by atoms with Gasteiger partial charge in [-0.25, -0.2) is 0 Å². The van der Waals surface area contributed by atoms with Crippen molar-refractivity contribution in [3.8, 4) is 0 Å². The number of non-ortho nitro benzene ring substituents is 1. The summed E-state index contributed by atoms with van der Waals surface area (Å²) in [7, 11) is 0. The number of nitrogens with zero attached hydrogens (tertiary/aromatic N) is 2. The number of nitro benzene ring substituents is 1. The first-order chi connectivity index (χ1) is 11.0. The molecule has 1 N–H and O–H groups in total. The molecule has 0 spiro atoms. The van der Waals surface area contributed by atoms with Crippen molar-refractivity contribution in [3.63, 3.8) is 0 Å². The maximum atomic E-state index is 13.1. The lowest BCUT2D eigenvalue weighted by molar-refractivity contribution is -0.384. The van der Waals surface area contributed by atoms with Gasteiger partial charge >= 0.3 is 12.1 Å². The largest absolute Gasteiger partial charge is 0.481 e. The van der Waals surface area contributed by atoms with Crippen molar-refractivity contribution < 1.29 is 32.8 Å². The Hall–Kier alpha value is -2.36. The maximum Gasteiger partial charge on any atom is 0.406 e. The molecular formula is C13H10ClF3N2O5. The van der Waals surface area contributed by atoms with Gasteiger partial charge in [-0.15, -0.1) is 0 Å². The fourth-order valence-electron chi connectivity index (χ4n) is 2.47. The molecule has 1 aromatic rings. The van der Waals surface area contributed by atoms with E-state index in [1.807, 2.05) is 0 Å². The van der Waals surface area contributed by atoms with Gasteiger partial charge in [-0.3, -0.25) is 19.7 Å². The Labute approximate surface area is 137 Å². The van der Waals surface area contributed by atoms with Crippen molar-refractivity contribution in [2.75, 3.05) is 13.1 Å². The molecule has 0 radical (unpaired) electrons. The van der Waals surface area contributed by atoms with Gasteiger partial charge in [0, 0.05) is 25.2 Å². The van der Waals surface area contributed by atoms with E-state index < -0.39 is 47.9 Å². The number of aliphatic carboxylic acids is 1. The number of benzene rings is 1. The summed E-state index contributed by atoms with van der Waals surface area (Å²) in [6.07, 6.45) is -5.80. The predicted octanol–water partition coefficient (Wildman–Crippen LogP) is 2.73. The van der Waals surface area contributed by atoms with E-state index in [4.69, 9.17) is 16.7 Å². The van der Waals surface area contributed by atoms with Crippen molar-refractivity contribution >= 4 is 29.2 Å². The molecule has 1 atom stereocenters. The number of likely N-dealkylation sites (tertiary alicyclic amines) is 1. The average molecular weight is 367 g/mol. The quantitative estimate of drug-likeness (QED) is 0.654. The number of carboxylic acid groups (broad SMARTS) is 1. The molecular weight excluding hydrogens is 357 g/mol. The number of hydrogen-bond donors (Lipinski definition) is 1. The van der Waals surface area contributed by atoms with E-state index in [0.29, 0.717) is 0 Å². The molecule has 0 bridgehead atoms. The van der Waals surface area contributed by atoms with Crippen LogP contribution in [0.3, 0.4) is 0 Å². The zero-order valence-corrected chi connectivity index (χ0v) is 12.6. The second-order valence-electron chi connectivity index (χ2n) is 5.28. The van der Waals surface area contributed by atoms with Gasteiger partial charge in [0.15, 0.2) is 5.41 Å². The van der Waals surface area contributed by atoms with Gasteiger partial charge in [0.2, 0.25) is 0 Å². The van der Waals surface area contributed by atoms with Gasteiger partial charge in [-0.05, 0) is 12.5 Å². The number of nitro groups is 1. The second-order valence-corrected chi connectivity index (χ2v) is 5.69. The topological polar surface area (TPSA) is 101 Å². The molecule has 130 valence electrons. The molecule has 1 fully saturated rings. The molecule has 1 aromatic carbocycles. The molecule has 11 heteroatoms. The highest BCUT2D eigenvalue weighted by atomic mass is 35.5. The monoisotopic (exact) mass is 366 g/mol. The van der Waals surface area contributed by atoms with E-state index in [1.165, 1.54) is 0 Å². The number of carbonyl (C=O) groups is 2. The maximum absolute atomic E-state index is 13.1. The van der Waals surface area contributed by atoms with Crippen LogP contribution in [-0.2, 0) is 4.79 Å². The van der Waals surface area contributed by atoms with Crippen molar-refractivity contribution in [1.29, 1.82) is 0 Å². The van der Waals surface area contributed by atoms with Crippen LogP contribution >= 0.6 is 11.6 Å². The van der Waals surface area contributed by atoms with Crippen LogP contribution in [0.25, 0.3) is 0 Å². The third-order valence-electron chi connectivity index (χ3n) is 3.90. The number of alkyl halides is 3. The minimum Gasteiger partial charge on any atom is -0.481 e. The van der Waals surface area contributed by atoms with Gasteiger partial charge in [0.25, 0.3) is 11.6 Å². The zero-order chi connectivity index (χ0) is 18.3. The highest BCUT2D eigenvalue weighted by molar-refractivity contribution is 6.34. The van der Waals surface area contributed by atoms with E-state index in [0.717, 1.165) is 23.1 Å². The van der Waals surface area contributed by atoms with E-state index >= 15 is 0 Å². The molecule has 0 aromatic heterocycles. The summed E-state index contributed by atoms with van der Waals surface area (Å²) in [5.74, 6) is -2.97. The number of amides is 1. The first kappa shape index (κ1) is 18.0. The van der Waals surface area contributed by atoms with Gasteiger partial charge in [-0.1, -0.05) is 11.6 Å². The summed E-state index contributed by atoms with van der Waals surface area (Å²) in [6.45, 7) is -1.46. The van der Waals surface area contributed by atoms with Crippen LogP contribution in [0.1, 0.15) is 16.8 Å². The molecule has 7 nitrogen and oxygen atoms in total. The molecule has 1 amide bonds. The smallest absolute Gasteiger partial charge is 0.406 e. The van der Waals surface area contributed by atoms with Crippen LogP contribution in [0, 0.1) is 15.5 Å². The third-order valence-corrected chi connectivity index (χ3v) is 4.22.